The van der Waals surface area contributed by atoms with Gasteiger partial charge in [0.15, 0.2) is 0 Å². The van der Waals surface area contributed by atoms with Crippen molar-refractivity contribution in [2.45, 2.75) is 17.4 Å². The van der Waals surface area contributed by atoms with Gasteiger partial charge in [0.2, 0.25) is 10.0 Å². The third-order valence-corrected chi connectivity index (χ3v) is 7.21. The lowest BCUT2D eigenvalue weighted by Gasteiger charge is -2.17. The van der Waals surface area contributed by atoms with E-state index >= 15 is 0 Å². The van der Waals surface area contributed by atoms with E-state index in [0.29, 0.717) is 29.7 Å². The van der Waals surface area contributed by atoms with Crippen molar-refractivity contribution in [3.05, 3.63) is 65.1 Å². The number of rotatable bonds is 5. The molecule has 5 nitrogen and oxygen atoms in total. The molecule has 1 atom stereocenters. The molecule has 0 bridgehead atoms. The van der Waals surface area contributed by atoms with E-state index in [2.05, 4.69) is 4.98 Å². The topological polar surface area (TPSA) is 59.5 Å². The highest BCUT2D eigenvalue weighted by Crippen LogP contribution is 2.28. The first-order valence-electron chi connectivity index (χ1n) is 8.45. The van der Waals surface area contributed by atoms with Gasteiger partial charge in [-0.15, -0.1) is 0 Å². The van der Waals surface area contributed by atoms with Crippen molar-refractivity contribution in [2.75, 3.05) is 13.1 Å². The Bertz CT molecular complexity index is 1020. The molecule has 0 N–H and O–H groups in total. The maximum absolute atomic E-state index is 13.1. The number of aromatic nitrogens is 1. The summed E-state index contributed by atoms with van der Waals surface area (Å²) in [5.41, 5.74) is 1.75. The quantitative estimate of drug-likeness (QED) is 0.617. The number of halogens is 1. The smallest absolute Gasteiger partial charge is 0.273 e. The van der Waals surface area contributed by atoms with Crippen LogP contribution in [0.15, 0.2) is 65.0 Å². The first kappa shape index (κ1) is 18.4. The first-order chi connectivity index (χ1) is 13.0. The summed E-state index contributed by atoms with van der Waals surface area (Å²) in [5, 5.41) is 3.05. The Hall–Kier alpha value is -1.93. The predicted molar refractivity (Wildman–Crippen MR) is 107 cm³/mol. The number of ether oxygens (including phenoxy) is 1. The molecule has 1 unspecified atom stereocenters. The normalized spacial score (nSPS) is 17.9. The van der Waals surface area contributed by atoms with Gasteiger partial charge in [-0.1, -0.05) is 47.2 Å². The number of sulfonamides is 1. The molecule has 140 valence electrons. The SMILES string of the molecule is O=S(=O)(c1cccc(-c2ccc(Cl)cc2)c1)N1CCC(Oc2nccs2)C1. The molecule has 0 saturated carbocycles. The van der Waals surface area contributed by atoms with Gasteiger partial charge in [0.25, 0.3) is 5.19 Å². The third-order valence-electron chi connectivity index (χ3n) is 4.43. The molecule has 27 heavy (non-hydrogen) atoms. The Morgan fingerprint density at radius 2 is 1.96 bits per heavy atom. The van der Waals surface area contributed by atoms with E-state index in [4.69, 9.17) is 16.3 Å². The molecule has 1 aliphatic heterocycles. The summed E-state index contributed by atoms with van der Waals surface area (Å²) < 4.78 is 33.4. The Morgan fingerprint density at radius 1 is 1.15 bits per heavy atom. The fourth-order valence-electron chi connectivity index (χ4n) is 3.05. The highest BCUT2D eigenvalue weighted by Gasteiger charge is 2.34. The molecule has 3 aromatic rings. The van der Waals surface area contributed by atoms with Crippen LogP contribution in [0, 0.1) is 0 Å². The van der Waals surface area contributed by atoms with Crippen LogP contribution in [0.4, 0.5) is 0 Å². The Morgan fingerprint density at radius 3 is 2.70 bits per heavy atom. The van der Waals surface area contributed by atoms with Gasteiger partial charge in [0, 0.05) is 23.1 Å². The molecule has 1 aliphatic rings. The van der Waals surface area contributed by atoms with Crippen molar-refractivity contribution in [1.29, 1.82) is 0 Å². The van der Waals surface area contributed by atoms with Crippen LogP contribution in [-0.4, -0.2) is 36.9 Å². The van der Waals surface area contributed by atoms with Crippen LogP contribution in [0.25, 0.3) is 11.1 Å². The molecule has 4 rings (SSSR count). The van der Waals surface area contributed by atoms with Gasteiger partial charge in [0.05, 0.1) is 11.4 Å². The molecular weight excluding hydrogens is 404 g/mol. The summed E-state index contributed by atoms with van der Waals surface area (Å²) in [5.74, 6) is 0. The number of nitrogens with zero attached hydrogens (tertiary/aromatic N) is 2. The molecule has 0 radical (unpaired) electrons. The predicted octanol–water partition coefficient (Wildman–Crippen LogP) is 4.31. The van der Waals surface area contributed by atoms with Gasteiger partial charge in [-0.3, -0.25) is 0 Å². The van der Waals surface area contributed by atoms with Crippen molar-refractivity contribution in [1.82, 2.24) is 9.29 Å². The minimum Gasteiger partial charge on any atom is -0.465 e. The molecule has 0 amide bonds. The van der Waals surface area contributed by atoms with Crippen LogP contribution in [0.3, 0.4) is 0 Å². The number of benzene rings is 2. The average molecular weight is 421 g/mol. The number of hydrogen-bond donors (Lipinski definition) is 0. The summed E-state index contributed by atoms with van der Waals surface area (Å²) in [6.45, 7) is 0.761. The van der Waals surface area contributed by atoms with E-state index in [9.17, 15) is 8.42 Å². The second-order valence-corrected chi connectivity index (χ2v) is 9.46. The molecule has 1 saturated heterocycles. The zero-order chi connectivity index (χ0) is 18.9. The van der Waals surface area contributed by atoms with E-state index in [1.165, 1.54) is 15.6 Å². The Balaban J connectivity index is 1.54. The molecule has 1 fully saturated rings. The van der Waals surface area contributed by atoms with Gasteiger partial charge < -0.3 is 4.74 Å². The van der Waals surface area contributed by atoms with Crippen LogP contribution in [0.5, 0.6) is 5.19 Å². The second kappa shape index (κ2) is 7.59. The highest BCUT2D eigenvalue weighted by atomic mass is 35.5. The number of hydrogen-bond acceptors (Lipinski definition) is 5. The van der Waals surface area contributed by atoms with E-state index in [-0.39, 0.29) is 11.0 Å². The molecule has 2 heterocycles. The lowest BCUT2D eigenvalue weighted by atomic mass is 10.1. The van der Waals surface area contributed by atoms with Crippen LogP contribution in [-0.2, 0) is 10.0 Å². The summed E-state index contributed by atoms with van der Waals surface area (Å²) in [7, 11) is -3.58. The zero-order valence-electron chi connectivity index (χ0n) is 14.3. The van der Waals surface area contributed by atoms with Crippen molar-refractivity contribution in [2.24, 2.45) is 0 Å². The maximum atomic E-state index is 13.1. The van der Waals surface area contributed by atoms with E-state index in [1.54, 1.807) is 36.5 Å². The molecule has 0 spiro atoms. The minimum atomic E-state index is -3.58. The lowest BCUT2D eigenvalue weighted by Crippen LogP contribution is -2.31. The van der Waals surface area contributed by atoms with E-state index < -0.39 is 10.0 Å². The van der Waals surface area contributed by atoms with E-state index in [1.807, 2.05) is 23.6 Å². The van der Waals surface area contributed by atoms with Gasteiger partial charge in [-0.25, -0.2) is 13.4 Å². The van der Waals surface area contributed by atoms with Crippen molar-refractivity contribution < 1.29 is 13.2 Å². The fourth-order valence-corrected chi connectivity index (χ4v) is 5.26. The van der Waals surface area contributed by atoms with Gasteiger partial charge in [0.1, 0.15) is 6.10 Å². The third kappa shape index (κ3) is 4.01. The maximum Gasteiger partial charge on any atom is 0.273 e. The van der Waals surface area contributed by atoms with Gasteiger partial charge >= 0.3 is 0 Å². The van der Waals surface area contributed by atoms with Crippen molar-refractivity contribution in [3.8, 4) is 16.3 Å². The summed E-state index contributed by atoms with van der Waals surface area (Å²) in [6, 6.07) is 14.3. The molecule has 1 aromatic heterocycles. The molecule has 2 aromatic carbocycles. The summed E-state index contributed by atoms with van der Waals surface area (Å²) in [4.78, 5) is 4.38. The second-order valence-electron chi connectivity index (χ2n) is 6.22. The van der Waals surface area contributed by atoms with E-state index in [0.717, 1.165) is 11.1 Å². The van der Waals surface area contributed by atoms with Crippen molar-refractivity contribution in [3.63, 3.8) is 0 Å². The van der Waals surface area contributed by atoms with Gasteiger partial charge in [-0.2, -0.15) is 4.31 Å². The minimum absolute atomic E-state index is 0.176. The van der Waals surface area contributed by atoms with Crippen LogP contribution >= 0.6 is 22.9 Å². The Kier molecular flexibility index (Phi) is 5.19. The molecule has 8 heteroatoms. The molecular formula is C19H17ClN2O3S2. The Labute approximate surface area is 167 Å². The monoisotopic (exact) mass is 420 g/mol. The first-order valence-corrected chi connectivity index (χ1v) is 11.1. The highest BCUT2D eigenvalue weighted by molar-refractivity contribution is 7.89. The van der Waals surface area contributed by atoms with Crippen LogP contribution in [0.2, 0.25) is 5.02 Å². The summed E-state index contributed by atoms with van der Waals surface area (Å²) >= 11 is 7.34. The van der Waals surface area contributed by atoms with Crippen LogP contribution in [0.1, 0.15) is 6.42 Å². The zero-order valence-corrected chi connectivity index (χ0v) is 16.7. The fraction of sp³-hybridized carbons (Fsp3) is 0.211. The van der Waals surface area contributed by atoms with Gasteiger partial charge in [-0.05, 0) is 41.8 Å². The average Bonchev–Trinajstić information content (AvgIpc) is 3.35. The largest absolute Gasteiger partial charge is 0.465 e. The standard InChI is InChI=1S/C19H17ClN2O3S2/c20-16-6-4-14(5-7-16)15-2-1-3-18(12-15)27(23,24)22-10-8-17(13-22)25-19-21-9-11-26-19/h1-7,9,11-12,17H,8,10,13H2. The van der Waals surface area contributed by atoms with Crippen LogP contribution < -0.4 is 4.74 Å². The lowest BCUT2D eigenvalue weighted by molar-refractivity contribution is 0.214. The molecule has 0 aliphatic carbocycles. The van der Waals surface area contributed by atoms with Crippen molar-refractivity contribution >= 4 is 33.0 Å². The summed E-state index contributed by atoms with van der Waals surface area (Å²) in [6.07, 6.45) is 2.15. The number of thiazole rings is 1.